The van der Waals surface area contributed by atoms with Crippen molar-refractivity contribution in [3.63, 3.8) is 0 Å². The number of rotatable bonds is 5. The molecule has 1 atom stereocenters. The number of hydrogen-bond donors (Lipinski definition) is 1. The molecule has 166 valence electrons. The molecule has 0 bridgehead atoms. The largest absolute Gasteiger partial charge is 0.366 e. The zero-order valence-corrected chi connectivity index (χ0v) is 19.0. The van der Waals surface area contributed by atoms with Gasteiger partial charge in [-0.15, -0.1) is 0 Å². The molecular weight excluding hydrogens is 403 g/mol. The van der Waals surface area contributed by atoms with E-state index in [9.17, 15) is 9.18 Å². The first-order valence-corrected chi connectivity index (χ1v) is 11.0. The molecule has 0 aliphatic carbocycles. The van der Waals surface area contributed by atoms with Gasteiger partial charge in [0, 0.05) is 47.0 Å². The third-order valence-corrected chi connectivity index (χ3v) is 6.22. The van der Waals surface area contributed by atoms with Gasteiger partial charge in [-0.1, -0.05) is 6.92 Å². The van der Waals surface area contributed by atoms with E-state index in [1.54, 1.807) is 18.2 Å². The highest BCUT2D eigenvalue weighted by atomic mass is 19.1. The summed E-state index contributed by atoms with van der Waals surface area (Å²) in [6.07, 6.45) is 6.25. The molecule has 1 aliphatic rings. The lowest BCUT2D eigenvalue weighted by Crippen LogP contribution is -2.48. The van der Waals surface area contributed by atoms with Crippen molar-refractivity contribution >= 4 is 17.8 Å². The highest BCUT2D eigenvalue weighted by molar-refractivity contribution is 5.95. The van der Waals surface area contributed by atoms with Crippen LogP contribution in [0.2, 0.25) is 0 Å². The minimum Gasteiger partial charge on any atom is -0.366 e. The summed E-state index contributed by atoms with van der Waals surface area (Å²) in [6, 6.07) is 14.5. The van der Waals surface area contributed by atoms with Gasteiger partial charge in [0.15, 0.2) is 0 Å². The van der Waals surface area contributed by atoms with Crippen LogP contribution in [-0.4, -0.2) is 28.8 Å². The van der Waals surface area contributed by atoms with E-state index in [0.717, 1.165) is 29.9 Å². The summed E-state index contributed by atoms with van der Waals surface area (Å²) >= 11 is 0. The van der Waals surface area contributed by atoms with Crippen LogP contribution in [0.1, 0.15) is 61.5 Å². The highest BCUT2D eigenvalue weighted by Gasteiger charge is 2.36. The zero-order valence-electron chi connectivity index (χ0n) is 19.0. The molecule has 1 unspecified atom stereocenters. The normalized spacial score (nSPS) is 17.4. The molecule has 2 aromatic carbocycles. The van der Waals surface area contributed by atoms with Crippen LogP contribution in [-0.2, 0) is 0 Å². The Morgan fingerprint density at radius 1 is 1.22 bits per heavy atom. The Hall–Kier alpha value is -3.41. The molecule has 2 heterocycles. The number of halogens is 1. The third kappa shape index (κ3) is 4.17. The Morgan fingerprint density at radius 2 is 1.91 bits per heavy atom. The maximum Gasteiger partial charge on any atom is 0.271 e. The van der Waals surface area contributed by atoms with Gasteiger partial charge in [-0.2, -0.15) is 5.10 Å². The number of hydrogen-bond acceptors (Lipinski definition) is 3. The van der Waals surface area contributed by atoms with Gasteiger partial charge in [0.2, 0.25) is 0 Å². The van der Waals surface area contributed by atoms with Crippen LogP contribution in [0.15, 0.2) is 66.0 Å². The molecule has 3 aromatic rings. The molecule has 4 rings (SSSR count). The van der Waals surface area contributed by atoms with Crippen molar-refractivity contribution < 1.29 is 9.18 Å². The maximum absolute atomic E-state index is 14.9. The molecule has 5 nitrogen and oxygen atoms in total. The lowest BCUT2D eigenvalue weighted by atomic mass is 9.79. The fourth-order valence-electron chi connectivity index (χ4n) is 4.74. The molecular formula is C26H29FN4O. The van der Waals surface area contributed by atoms with Gasteiger partial charge in [0.25, 0.3) is 5.91 Å². The van der Waals surface area contributed by atoms with Crippen LogP contribution >= 0.6 is 0 Å². The molecule has 0 spiro atoms. The number of amides is 1. The van der Waals surface area contributed by atoms with E-state index in [0.29, 0.717) is 17.0 Å². The van der Waals surface area contributed by atoms with E-state index < -0.39 is 0 Å². The quantitative estimate of drug-likeness (QED) is 0.428. The minimum atomic E-state index is -0.346. The first-order chi connectivity index (χ1) is 15.3. The number of benzene rings is 2. The molecule has 6 heteroatoms. The van der Waals surface area contributed by atoms with Crippen molar-refractivity contribution in [3.05, 3.63) is 83.4 Å². The Morgan fingerprint density at radius 3 is 2.56 bits per heavy atom. The summed E-state index contributed by atoms with van der Waals surface area (Å²) < 4.78 is 16.8. The summed E-state index contributed by atoms with van der Waals surface area (Å²) in [6.45, 7) is 9.48. The van der Waals surface area contributed by atoms with Crippen molar-refractivity contribution in [1.82, 2.24) is 9.99 Å². The van der Waals surface area contributed by atoms with Gasteiger partial charge >= 0.3 is 0 Å². The molecule has 0 saturated heterocycles. The fraction of sp³-hybridized carbons (Fsp3) is 0.308. The van der Waals surface area contributed by atoms with E-state index in [-0.39, 0.29) is 17.3 Å². The number of fused-ring (bicyclic) bond motifs is 1. The van der Waals surface area contributed by atoms with Gasteiger partial charge in [0.05, 0.1) is 6.21 Å². The number of nitrogens with zero attached hydrogens (tertiary/aromatic N) is 3. The predicted octanol–water partition coefficient (Wildman–Crippen LogP) is 5.49. The summed E-state index contributed by atoms with van der Waals surface area (Å²) in [7, 11) is 0. The topological polar surface area (TPSA) is 49.6 Å². The molecule has 1 amide bonds. The standard InChI is InChI=1S/C26H29FN4O/c1-5-31-24-15-23(27)20(14-22(24)18(2)16-26(31,3)4)17-28-29-25(32)19-8-10-21(11-9-19)30-12-6-7-13-30/h6-15,17-18H,5,16H2,1-4H3,(H,29,32)/b28-17+. The summed E-state index contributed by atoms with van der Waals surface area (Å²) in [4.78, 5) is 14.7. The third-order valence-electron chi connectivity index (χ3n) is 6.22. The predicted molar refractivity (Wildman–Crippen MR) is 127 cm³/mol. The number of anilines is 1. The first kappa shape index (κ1) is 21.8. The van der Waals surface area contributed by atoms with Gasteiger partial charge < -0.3 is 9.47 Å². The number of hydrazone groups is 1. The molecule has 0 fully saturated rings. The average molecular weight is 433 g/mol. The van der Waals surface area contributed by atoms with E-state index in [4.69, 9.17) is 0 Å². The van der Waals surface area contributed by atoms with Gasteiger partial charge in [-0.05, 0) is 87.2 Å². The Kier molecular flexibility index (Phi) is 5.87. The van der Waals surface area contributed by atoms with Crippen molar-refractivity contribution in [2.45, 2.75) is 45.6 Å². The molecule has 1 aliphatic heterocycles. The second-order valence-corrected chi connectivity index (χ2v) is 8.93. The van der Waals surface area contributed by atoms with Crippen LogP contribution in [0.3, 0.4) is 0 Å². The lowest BCUT2D eigenvalue weighted by molar-refractivity contribution is 0.0955. The van der Waals surface area contributed by atoms with Crippen molar-refractivity contribution in [1.29, 1.82) is 0 Å². The number of carbonyl (C=O) groups is 1. The molecule has 1 N–H and O–H groups in total. The van der Waals surface area contributed by atoms with Crippen molar-refractivity contribution in [3.8, 4) is 5.69 Å². The molecule has 32 heavy (non-hydrogen) atoms. The first-order valence-electron chi connectivity index (χ1n) is 11.0. The molecule has 1 aromatic heterocycles. The second-order valence-electron chi connectivity index (χ2n) is 8.93. The van der Waals surface area contributed by atoms with Gasteiger partial charge in [-0.3, -0.25) is 4.79 Å². The number of aromatic nitrogens is 1. The van der Waals surface area contributed by atoms with Crippen LogP contribution in [0.25, 0.3) is 5.69 Å². The number of carbonyl (C=O) groups excluding carboxylic acids is 1. The molecule has 0 radical (unpaired) electrons. The monoisotopic (exact) mass is 432 g/mol. The van der Waals surface area contributed by atoms with Crippen LogP contribution in [0.4, 0.5) is 10.1 Å². The van der Waals surface area contributed by atoms with Gasteiger partial charge in [-0.25, -0.2) is 9.82 Å². The zero-order chi connectivity index (χ0) is 22.9. The Balaban J connectivity index is 1.49. The lowest BCUT2D eigenvalue weighted by Gasteiger charge is -2.47. The minimum absolute atomic E-state index is 0.0198. The highest BCUT2D eigenvalue weighted by Crippen LogP contribution is 2.43. The maximum atomic E-state index is 14.9. The summed E-state index contributed by atoms with van der Waals surface area (Å²) in [5, 5.41) is 4.01. The average Bonchev–Trinajstić information content (AvgIpc) is 3.29. The van der Waals surface area contributed by atoms with Crippen molar-refractivity contribution in [2.75, 3.05) is 11.4 Å². The van der Waals surface area contributed by atoms with Crippen LogP contribution in [0.5, 0.6) is 0 Å². The van der Waals surface area contributed by atoms with Gasteiger partial charge in [0.1, 0.15) is 5.82 Å². The Labute approximate surface area is 188 Å². The SMILES string of the molecule is CCN1c2cc(F)c(/C=N/NC(=O)c3ccc(-n4cccc4)cc3)cc2C(C)CC1(C)C. The summed E-state index contributed by atoms with van der Waals surface area (Å²) in [5.74, 6) is -0.379. The summed E-state index contributed by atoms with van der Waals surface area (Å²) in [5.41, 5.74) is 6.35. The Bertz CT molecular complexity index is 1130. The van der Waals surface area contributed by atoms with Crippen molar-refractivity contribution in [2.24, 2.45) is 5.10 Å². The second kappa shape index (κ2) is 8.61. The smallest absolute Gasteiger partial charge is 0.271 e. The van der Waals surface area contributed by atoms with E-state index in [1.807, 2.05) is 47.3 Å². The van der Waals surface area contributed by atoms with Crippen LogP contribution in [0, 0.1) is 5.82 Å². The van der Waals surface area contributed by atoms with E-state index in [2.05, 4.69) is 43.1 Å². The van der Waals surface area contributed by atoms with Crippen LogP contribution < -0.4 is 10.3 Å². The molecule has 0 saturated carbocycles. The number of nitrogens with one attached hydrogen (secondary N) is 1. The fourth-order valence-corrected chi connectivity index (χ4v) is 4.74. The van der Waals surface area contributed by atoms with E-state index in [1.165, 1.54) is 6.21 Å². The van der Waals surface area contributed by atoms with E-state index >= 15 is 0 Å².